The van der Waals surface area contributed by atoms with Crippen LogP contribution in [0.4, 0.5) is 4.39 Å². The minimum Gasteiger partial charge on any atom is -0.350 e. The van der Waals surface area contributed by atoms with Crippen molar-refractivity contribution in [2.24, 2.45) is 0 Å². The van der Waals surface area contributed by atoms with Gasteiger partial charge in [-0.3, -0.25) is 4.79 Å². The topological polar surface area (TPSA) is 29.1 Å². The number of nitrogens with one attached hydrogen (secondary N) is 1. The van der Waals surface area contributed by atoms with Crippen LogP contribution < -0.4 is 5.32 Å². The van der Waals surface area contributed by atoms with Crippen molar-refractivity contribution < 1.29 is 9.18 Å². The van der Waals surface area contributed by atoms with Gasteiger partial charge in [-0.05, 0) is 35.7 Å². The second-order valence-electron chi connectivity index (χ2n) is 6.42. The van der Waals surface area contributed by atoms with E-state index in [-0.39, 0.29) is 23.7 Å². The first-order chi connectivity index (χ1) is 12.6. The molecule has 132 valence electrons. The summed E-state index contributed by atoms with van der Waals surface area (Å²) in [7, 11) is 0. The lowest BCUT2D eigenvalue weighted by molar-refractivity contribution is -0.121. The smallest absolute Gasteiger partial charge is 0.221 e. The number of hydrogen-bond donors (Lipinski definition) is 1. The van der Waals surface area contributed by atoms with Crippen molar-refractivity contribution in [3.63, 3.8) is 0 Å². The Morgan fingerprint density at radius 2 is 1.31 bits per heavy atom. The lowest BCUT2D eigenvalue weighted by Gasteiger charge is -2.20. The van der Waals surface area contributed by atoms with Crippen LogP contribution in [-0.4, -0.2) is 5.91 Å². The molecule has 0 fully saturated rings. The molecular formula is C23H22FNO. The van der Waals surface area contributed by atoms with Gasteiger partial charge in [-0.1, -0.05) is 72.8 Å². The van der Waals surface area contributed by atoms with Crippen molar-refractivity contribution in [2.45, 2.75) is 25.3 Å². The molecule has 26 heavy (non-hydrogen) atoms. The maximum atomic E-state index is 13.1. The molecule has 0 spiro atoms. The summed E-state index contributed by atoms with van der Waals surface area (Å²) < 4.78 is 13.1. The van der Waals surface area contributed by atoms with E-state index in [9.17, 15) is 9.18 Å². The second-order valence-corrected chi connectivity index (χ2v) is 6.42. The van der Waals surface area contributed by atoms with Crippen LogP contribution >= 0.6 is 0 Å². The molecule has 0 saturated heterocycles. The van der Waals surface area contributed by atoms with Crippen LogP contribution in [0, 0.1) is 5.82 Å². The zero-order chi connectivity index (χ0) is 18.4. The molecule has 3 aromatic rings. The Morgan fingerprint density at radius 1 is 0.808 bits per heavy atom. The van der Waals surface area contributed by atoms with Crippen LogP contribution in [0.15, 0.2) is 84.9 Å². The number of rotatable bonds is 6. The third kappa shape index (κ3) is 4.57. The largest absolute Gasteiger partial charge is 0.350 e. The van der Waals surface area contributed by atoms with Crippen molar-refractivity contribution in [2.75, 3.05) is 0 Å². The zero-order valence-electron chi connectivity index (χ0n) is 14.7. The van der Waals surface area contributed by atoms with Gasteiger partial charge in [0.05, 0.1) is 6.04 Å². The average Bonchev–Trinajstić information content (AvgIpc) is 2.68. The molecule has 3 aromatic carbocycles. The molecule has 0 heterocycles. The summed E-state index contributed by atoms with van der Waals surface area (Å²) in [6.07, 6.45) is 0.361. The maximum absolute atomic E-state index is 13.1. The predicted molar refractivity (Wildman–Crippen MR) is 102 cm³/mol. The van der Waals surface area contributed by atoms with E-state index in [1.165, 1.54) is 12.1 Å². The Labute approximate surface area is 153 Å². The summed E-state index contributed by atoms with van der Waals surface area (Å²) in [5.74, 6) is -0.308. The molecule has 2 nitrogen and oxygen atoms in total. The first-order valence-electron chi connectivity index (χ1n) is 8.78. The zero-order valence-corrected chi connectivity index (χ0v) is 14.7. The molecule has 3 heteroatoms. The minimum atomic E-state index is -0.277. The molecule has 1 N–H and O–H groups in total. The highest BCUT2D eigenvalue weighted by Crippen LogP contribution is 2.28. The van der Waals surface area contributed by atoms with Crippen molar-refractivity contribution in [3.05, 3.63) is 107 Å². The first-order valence-corrected chi connectivity index (χ1v) is 8.78. The Hall–Kier alpha value is -2.94. The van der Waals surface area contributed by atoms with E-state index in [2.05, 4.69) is 5.32 Å². The molecule has 0 aliphatic carbocycles. The third-order valence-electron chi connectivity index (χ3n) is 4.54. The predicted octanol–water partition coefficient (Wildman–Crippen LogP) is 5.23. The summed E-state index contributed by atoms with van der Waals surface area (Å²) in [6, 6.07) is 26.2. The normalized spacial score (nSPS) is 12.0. The first kappa shape index (κ1) is 17.9. The highest BCUT2D eigenvalue weighted by Gasteiger charge is 2.19. The monoisotopic (exact) mass is 347 g/mol. The van der Waals surface area contributed by atoms with Gasteiger partial charge in [-0.2, -0.15) is 0 Å². The number of carbonyl (C=O) groups is 1. The summed E-state index contributed by atoms with van der Waals surface area (Å²) >= 11 is 0. The molecule has 0 aliphatic heterocycles. The number of halogens is 1. The standard InChI is InChI=1S/C23H22FNO/c1-17(18-12-14-21(24)15-13-18)25-23(26)16-22(19-8-4-2-5-9-19)20-10-6-3-7-11-20/h2-15,17,22H,16H2,1H3,(H,25,26). The van der Waals surface area contributed by atoms with Gasteiger partial charge in [0.2, 0.25) is 5.91 Å². The number of carbonyl (C=O) groups excluding carboxylic acids is 1. The fourth-order valence-corrected chi connectivity index (χ4v) is 3.12. The van der Waals surface area contributed by atoms with Crippen LogP contribution in [0.1, 0.15) is 42.0 Å². The lowest BCUT2D eigenvalue weighted by atomic mass is 9.88. The van der Waals surface area contributed by atoms with Gasteiger partial charge in [-0.25, -0.2) is 4.39 Å². The van der Waals surface area contributed by atoms with Crippen LogP contribution in [-0.2, 0) is 4.79 Å². The van der Waals surface area contributed by atoms with E-state index in [0.29, 0.717) is 6.42 Å². The fourth-order valence-electron chi connectivity index (χ4n) is 3.12. The summed E-state index contributed by atoms with van der Waals surface area (Å²) in [4.78, 5) is 12.7. The van der Waals surface area contributed by atoms with Crippen molar-refractivity contribution in [3.8, 4) is 0 Å². The summed E-state index contributed by atoms with van der Waals surface area (Å²) in [5, 5.41) is 3.02. The van der Waals surface area contributed by atoms with Gasteiger partial charge >= 0.3 is 0 Å². The van der Waals surface area contributed by atoms with E-state index < -0.39 is 0 Å². The van der Waals surface area contributed by atoms with Gasteiger partial charge in [0, 0.05) is 12.3 Å². The molecular weight excluding hydrogens is 325 g/mol. The van der Waals surface area contributed by atoms with E-state index in [1.54, 1.807) is 12.1 Å². The van der Waals surface area contributed by atoms with E-state index in [0.717, 1.165) is 16.7 Å². The second kappa shape index (κ2) is 8.43. The Kier molecular flexibility index (Phi) is 5.80. The molecule has 0 aromatic heterocycles. The summed E-state index contributed by atoms with van der Waals surface area (Å²) in [6.45, 7) is 1.91. The van der Waals surface area contributed by atoms with Crippen LogP contribution in [0.25, 0.3) is 0 Å². The van der Waals surface area contributed by atoms with Crippen LogP contribution in [0.5, 0.6) is 0 Å². The molecule has 0 saturated carbocycles. The molecule has 0 bridgehead atoms. The lowest BCUT2D eigenvalue weighted by Crippen LogP contribution is -2.28. The molecule has 1 unspecified atom stereocenters. The van der Waals surface area contributed by atoms with E-state index in [1.807, 2.05) is 67.6 Å². The molecule has 1 amide bonds. The molecule has 0 aliphatic rings. The average molecular weight is 347 g/mol. The number of amides is 1. The Morgan fingerprint density at radius 3 is 1.81 bits per heavy atom. The quantitative estimate of drug-likeness (QED) is 0.650. The highest BCUT2D eigenvalue weighted by atomic mass is 19.1. The van der Waals surface area contributed by atoms with Gasteiger partial charge in [0.1, 0.15) is 5.82 Å². The van der Waals surface area contributed by atoms with Crippen LogP contribution in [0.2, 0.25) is 0 Å². The molecule has 0 radical (unpaired) electrons. The maximum Gasteiger partial charge on any atom is 0.221 e. The Balaban J connectivity index is 1.74. The highest BCUT2D eigenvalue weighted by molar-refractivity contribution is 5.78. The van der Waals surface area contributed by atoms with E-state index >= 15 is 0 Å². The van der Waals surface area contributed by atoms with Crippen molar-refractivity contribution in [1.82, 2.24) is 5.32 Å². The minimum absolute atomic E-state index is 0.00202. The third-order valence-corrected chi connectivity index (χ3v) is 4.54. The number of benzene rings is 3. The molecule has 1 atom stereocenters. The van der Waals surface area contributed by atoms with Gasteiger partial charge in [0.25, 0.3) is 0 Å². The van der Waals surface area contributed by atoms with Gasteiger partial charge in [0.15, 0.2) is 0 Å². The number of hydrogen-bond acceptors (Lipinski definition) is 1. The Bertz CT molecular complexity index is 792. The van der Waals surface area contributed by atoms with Crippen molar-refractivity contribution >= 4 is 5.91 Å². The van der Waals surface area contributed by atoms with Crippen LogP contribution in [0.3, 0.4) is 0 Å². The fraction of sp³-hybridized carbons (Fsp3) is 0.174. The van der Waals surface area contributed by atoms with E-state index in [4.69, 9.17) is 0 Å². The summed E-state index contributed by atoms with van der Waals surface area (Å²) in [5.41, 5.74) is 3.11. The van der Waals surface area contributed by atoms with Gasteiger partial charge < -0.3 is 5.32 Å². The van der Waals surface area contributed by atoms with Gasteiger partial charge in [-0.15, -0.1) is 0 Å². The van der Waals surface area contributed by atoms with Crippen molar-refractivity contribution in [1.29, 1.82) is 0 Å². The SMILES string of the molecule is CC(NC(=O)CC(c1ccccc1)c1ccccc1)c1ccc(F)cc1. The molecule has 3 rings (SSSR count).